The fourth-order valence-electron chi connectivity index (χ4n) is 1.32. The van der Waals surface area contributed by atoms with Crippen LogP contribution in [0.1, 0.15) is 11.1 Å². The van der Waals surface area contributed by atoms with Gasteiger partial charge in [0.2, 0.25) is 0 Å². The average Bonchev–Trinajstić information content (AvgIpc) is 2.28. The van der Waals surface area contributed by atoms with Crippen LogP contribution in [0.4, 0.5) is 5.69 Å². The number of aryl methyl sites for hydroxylation is 2. The number of amides is 1. The molecule has 0 unspecified atom stereocenters. The highest BCUT2D eigenvalue weighted by atomic mass is 16.4. The van der Waals surface area contributed by atoms with Gasteiger partial charge >= 0.3 is 5.97 Å². The molecule has 0 aromatic heterocycles. The molecule has 0 spiro atoms. The maximum atomic E-state index is 11.6. The molecule has 17 heavy (non-hydrogen) atoms. The van der Waals surface area contributed by atoms with Crippen LogP contribution < -0.4 is 4.90 Å². The second kappa shape index (κ2) is 5.30. The van der Waals surface area contributed by atoms with E-state index in [0.29, 0.717) is 0 Å². The number of nitrogens with zero attached hydrogens (tertiary/aromatic N) is 1. The lowest BCUT2D eigenvalue weighted by Gasteiger charge is -2.16. The van der Waals surface area contributed by atoms with E-state index in [2.05, 4.69) is 0 Å². The normalized spacial score (nSPS) is 10.5. The van der Waals surface area contributed by atoms with Crippen LogP contribution in [-0.4, -0.2) is 24.0 Å². The molecule has 0 aliphatic carbocycles. The predicted molar refractivity (Wildman–Crippen MR) is 66.1 cm³/mol. The number of benzene rings is 1. The van der Waals surface area contributed by atoms with Gasteiger partial charge in [-0.25, -0.2) is 4.79 Å². The maximum Gasteiger partial charge on any atom is 0.328 e. The van der Waals surface area contributed by atoms with E-state index >= 15 is 0 Å². The molecule has 4 nitrogen and oxygen atoms in total. The molecule has 1 N–H and O–H groups in total. The molecule has 0 radical (unpaired) electrons. The molecule has 0 aliphatic rings. The minimum Gasteiger partial charge on any atom is -0.478 e. The minimum atomic E-state index is -1.13. The van der Waals surface area contributed by atoms with E-state index in [1.165, 1.54) is 4.90 Å². The van der Waals surface area contributed by atoms with Crippen molar-refractivity contribution in [2.75, 3.05) is 11.9 Å². The van der Waals surface area contributed by atoms with Gasteiger partial charge in [-0.2, -0.15) is 0 Å². The zero-order valence-electron chi connectivity index (χ0n) is 10.1. The molecule has 1 amide bonds. The molecule has 0 aliphatic heterocycles. The van der Waals surface area contributed by atoms with E-state index in [1.807, 2.05) is 32.0 Å². The number of carbonyl (C=O) groups excluding carboxylic acids is 1. The van der Waals surface area contributed by atoms with E-state index in [-0.39, 0.29) is 5.91 Å². The zero-order chi connectivity index (χ0) is 13.0. The molecule has 4 heteroatoms. The molecule has 0 fully saturated rings. The molecule has 1 rings (SSSR count). The summed E-state index contributed by atoms with van der Waals surface area (Å²) in [6.07, 6.45) is 1.87. The topological polar surface area (TPSA) is 57.6 Å². The molecule has 0 atom stereocenters. The van der Waals surface area contributed by atoms with Gasteiger partial charge in [-0.15, -0.1) is 0 Å². The van der Waals surface area contributed by atoms with Crippen LogP contribution in [0.3, 0.4) is 0 Å². The van der Waals surface area contributed by atoms with Crippen LogP contribution in [0.15, 0.2) is 30.4 Å². The molecule has 1 aromatic carbocycles. The number of rotatable bonds is 3. The predicted octanol–water partition coefficient (Wildman–Crippen LogP) is 1.91. The van der Waals surface area contributed by atoms with Crippen molar-refractivity contribution in [3.05, 3.63) is 41.5 Å². The first-order valence-corrected chi connectivity index (χ1v) is 5.17. The molecule has 0 saturated carbocycles. The molecule has 1 aromatic rings. The van der Waals surface area contributed by atoms with E-state index in [9.17, 15) is 9.59 Å². The average molecular weight is 233 g/mol. The summed E-state index contributed by atoms with van der Waals surface area (Å²) in [5, 5.41) is 8.44. The number of hydrogen-bond donors (Lipinski definition) is 1. The lowest BCUT2D eigenvalue weighted by Crippen LogP contribution is -2.24. The Kier molecular flexibility index (Phi) is 4.04. The molecule has 0 bridgehead atoms. The minimum absolute atomic E-state index is 0.365. The Morgan fingerprint density at radius 1 is 1.18 bits per heavy atom. The van der Waals surface area contributed by atoms with E-state index in [1.54, 1.807) is 7.05 Å². The highest BCUT2D eigenvalue weighted by Crippen LogP contribution is 2.17. The quantitative estimate of drug-likeness (QED) is 0.811. The summed E-state index contributed by atoms with van der Waals surface area (Å²) >= 11 is 0. The first-order chi connectivity index (χ1) is 7.91. The fourth-order valence-corrected chi connectivity index (χ4v) is 1.32. The third kappa shape index (κ3) is 3.45. The van der Waals surface area contributed by atoms with Gasteiger partial charge in [0.1, 0.15) is 0 Å². The van der Waals surface area contributed by atoms with Crippen molar-refractivity contribution < 1.29 is 14.7 Å². The standard InChI is InChI=1S/C13H15NO3/c1-9-4-5-11(8-10(9)2)14(3)12(15)6-7-13(16)17/h4-8H,1-3H3,(H,16,17)/b7-6+. The van der Waals surface area contributed by atoms with Crippen LogP contribution >= 0.6 is 0 Å². The van der Waals surface area contributed by atoms with E-state index in [0.717, 1.165) is 29.0 Å². The van der Waals surface area contributed by atoms with Gasteiger partial charge in [0.25, 0.3) is 5.91 Å². The third-order valence-electron chi connectivity index (χ3n) is 2.58. The molecular formula is C13H15NO3. The summed E-state index contributed by atoms with van der Waals surface area (Å²) in [6, 6.07) is 5.64. The zero-order valence-corrected chi connectivity index (χ0v) is 10.1. The van der Waals surface area contributed by atoms with Gasteiger partial charge in [-0.1, -0.05) is 6.07 Å². The maximum absolute atomic E-state index is 11.6. The number of hydrogen-bond acceptors (Lipinski definition) is 2. The highest BCUT2D eigenvalue weighted by Gasteiger charge is 2.08. The molecule has 90 valence electrons. The van der Waals surface area contributed by atoms with Crippen molar-refractivity contribution in [3.8, 4) is 0 Å². The highest BCUT2D eigenvalue weighted by molar-refractivity contribution is 6.03. The summed E-state index contributed by atoms with van der Waals surface area (Å²) in [7, 11) is 1.61. The second-order valence-corrected chi connectivity index (χ2v) is 3.84. The first-order valence-electron chi connectivity index (χ1n) is 5.17. The van der Waals surface area contributed by atoms with Gasteiger partial charge in [-0.3, -0.25) is 4.79 Å². The third-order valence-corrected chi connectivity index (χ3v) is 2.58. The van der Waals surface area contributed by atoms with Crippen LogP contribution in [0.5, 0.6) is 0 Å². The van der Waals surface area contributed by atoms with Gasteiger partial charge in [-0.05, 0) is 37.1 Å². The van der Waals surface area contributed by atoms with Gasteiger partial charge in [0.15, 0.2) is 0 Å². The number of carboxylic acids is 1. The summed E-state index contributed by atoms with van der Waals surface area (Å²) < 4.78 is 0. The number of anilines is 1. The Hall–Kier alpha value is -2.10. The Labute approximate surface area is 100 Å². The van der Waals surface area contributed by atoms with Gasteiger partial charge in [0, 0.05) is 24.9 Å². The lowest BCUT2D eigenvalue weighted by molar-refractivity contribution is -0.131. The van der Waals surface area contributed by atoms with Crippen LogP contribution in [0.2, 0.25) is 0 Å². The summed E-state index contributed by atoms with van der Waals surface area (Å²) in [6.45, 7) is 3.95. The van der Waals surface area contributed by atoms with Crippen LogP contribution in [0, 0.1) is 13.8 Å². The summed E-state index contributed by atoms with van der Waals surface area (Å²) in [5.74, 6) is -1.50. The van der Waals surface area contributed by atoms with Crippen molar-refractivity contribution in [2.45, 2.75) is 13.8 Å². The van der Waals surface area contributed by atoms with Crippen molar-refractivity contribution in [1.82, 2.24) is 0 Å². The van der Waals surface area contributed by atoms with Crippen LogP contribution in [-0.2, 0) is 9.59 Å². The molecule has 0 heterocycles. The largest absolute Gasteiger partial charge is 0.478 e. The van der Waals surface area contributed by atoms with Crippen molar-refractivity contribution >= 4 is 17.6 Å². The van der Waals surface area contributed by atoms with E-state index < -0.39 is 5.97 Å². The van der Waals surface area contributed by atoms with Crippen LogP contribution in [0.25, 0.3) is 0 Å². The van der Waals surface area contributed by atoms with E-state index in [4.69, 9.17) is 5.11 Å². The Morgan fingerprint density at radius 2 is 1.82 bits per heavy atom. The summed E-state index contributed by atoms with van der Waals surface area (Å²) in [5.41, 5.74) is 2.98. The summed E-state index contributed by atoms with van der Waals surface area (Å²) in [4.78, 5) is 23.3. The number of likely N-dealkylation sites (N-methyl/N-ethyl adjacent to an activating group) is 1. The van der Waals surface area contributed by atoms with Crippen molar-refractivity contribution in [2.24, 2.45) is 0 Å². The SMILES string of the molecule is Cc1ccc(N(C)C(=O)/C=C/C(=O)O)cc1C. The van der Waals surface area contributed by atoms with Crippen molar-refractivity contribution in [1.29, 1.82) is 0 Å². The second-order valence-electron chi connectivity index (χ2n) is 3.84. The number of carboxylic acid groups (broad SMARTS) is 1. The van der Waals surface area contributed by atoms with Gasteiger partial charge < -0.3 is 10.0 Å². The number of carbonyl (C=O) groups is 2. The first kappa shape index (κ1) is 13.0. The number of aliphatic carboxylic acids is 1. The molecule has 0 saturated heterocycles. The fraction of sp³-hybridized carbons (Fsp3) is 0.231. The molecular weight excluding hydrogens is 218 g/mol. The monoisotopic (exact) mass is 233 g/mol. The van der Waals surface area contributed by atoms with Crippen molar-refractivity contribution in [3.63, 3.8) is 0 Å². The lowest BCUT2D eigenvalue weighted by atomic mass is 10.1. The van der Waals surface area contributed by atoms with Gasteiger partial charge in [0.05, 0.1) is 0 Å². The Morgan fingerprint density at radius 3 is 2.35 bits per heavy atom. The Bertz CT molecular complexity index is 478. The smallest absolute Gasteiger partial charge is 0.328 e. The Balaban J connectivity index is 2.89.